The van der Waals surface area contributed by atoms with Crippen molar-refractivity contribution < 1.29 is 32.3 Å². The van der Waals surface area contributed by atoms with Gasteiger partial charge in [-0.15, -0.1) is 0 Å². The summed E-state index contributed by atoms with van der Waals surface area (Å²) < 4.78 is 47.6. The Bertz CT molecular complexity index is 1280. The van der Waals surface area contributed by atoms with Crippen molar-refractivity contribution in [3.63, 3.8) is 0 Å². The van der Waals surface area contributed by atoms with Crippen LogP contribution in [0.4, 0.5) is 18.9 Å². The fraction of sp³-hybridized carbons (Fsp3) is 0.222. The highest BCUT2D eigenvalue weighted by atomic mass is 19.1. The maximum absolute atomic E-state index is 14.4. The summed E-state index contributed by atoms with van der Waals surface area (Å²) in [5.41, 5.74) is 0.0295. The first kappa shape index (κ1) is 26.5. The van der Waals surface area contributed by atoms with E-state index >= 15 is 0 Å². The van der Waals surface area contributed by atoms with Gasteiger partial charge in [0.25, 0.3) is 11.8 Å². The zero-order valence-electron chi connectivity index (χ0n) is 20.2. The van der Waals surface area contributed by atoms with E-state index in [1.54, 1.807) is 63.2 Å². The molecule has 1 N–H and O–H groups in total. The number of carbonyl (C=O) groups is 3. The molecule has 0 saturated carbocycles. The summed E-state index contributed by atoms with van der Waals surface area (Å²) in [5.74, 6) is -6.21. The quantitative estimate of drug-likeness (QED) is 0.479. The lowest BCUT2D eigenvalue weighted by atomic mass is 10.0. The van der Waals surface area contributed by atoms with Crippen LogP contribution >= 0.6 is 0 Å². The van der Waals surface area contributed by atoms with Crippen molar-refractivity contribution in [2.45, 2.75) is 26.4 Å². The molecule has 9 heteroatoms. The maximum Gasteiger partial charge on any atom is 0.326 e. The molecule has 0 fully saturated rings. The summed E-state index contributed by atoms with van der Waals surface area (Å²) in [6.45, 7) is 4.27. The van der Waals surface area contributed by atoms with Crippen molar-refractivity contribution in [3.8, 4) is 11.1 Å². The first-order valence-corrected chi connectivity index (χ1v) is 11.0. The monoisotopic (exact) mass is 498 g/mol. The minimum Gasteiger partial charge on any atom is -0.459 e. The number of nitrogens with zero attached hydrogens (tertiary/aromatic N) is 1. The third-order valence-electron chi connectivity index (χ3n) is 5.04. The minimum absolute atomic E-state index is 0.155. The number of anilines is 1. The highest BCUT2D eigenvalue weighted by molar-refractivity contribution is 6.09. The Labute approximate surface area is 206 Å². The molecule has 3 aromatic rings. The highest BCUT2D eigenvalue weighted by Gasteiger charge is 2.29. The number of benzene rings is 3. The van der Waals surface area contributed by atoms with Gasteiger partial charge in [-0.1, -0.05) is 24.3 Å². The molecule has 0 radical (unpaired) electrons. The zero-order valence-corrected chi connectivity index (χ0v) is 20.2. The minimum atomic E-state index is -1.40. The van der Waals surface area contributed by atoms with Gasteiger partial charge in [-0.2, -0.15) is 0 Å². The summed E-state index contributed by atoms with van der Waals surface area (Å²) in [6, 6.07) is 13.8. The van der Waals surface area contributed by atoms with E-state index in [4.69, 9.17) is 4.74 Å². The molecular weight excluding hydrogens is 473 g/mol. The van der Waals surface area contributed by atoms with Gasteiger partial charge in [-0.05, 0) is 56.2 Å². The van der Waals surface area contributed by atoms with E-state index in [-0.39, 0.29) is 11.6 Å². The van der Waals surface area contributed by atoms with Crippen LogP contribution in [0.5, 0.6) is 0 Å². The summed E-state index contributed by atoms with van der Waals surface area (Å²) in [4.78, 5) is 38.5. The van der Waals surface area contributed by atoms with Gasteiger partial charge in [0.15, 0.2) is 0 Å². The molecule has 188 valence electrons. The molecule has 0 aliphatic carbocycles. The average Bonchev–Trinajstić information content (AvgIpc) is 2.80. The van der Waals surface area contributed by atoms with E-state index in [9.17, 15) is 27.6 Å². The number of hydrogen-bond acceptors (Lipinski definition) is 4. The van der Waals surface area contributed by atoms with Crippen LogP contribution in [0.15, 0.2) is 60.7 Å². The number of nitrogens with one attached hydrogen (secondary N) is 1. The number of amides is 2. The molecule has 0 heterocycles. The number of halogens is 3. The fourth-order valence-corrected chi connectivity index (χ4v) is 3.48. The zero-order chi connectivity index (χ0) is 26.6. The Morgan fingerprint density at radius 3 is 2.06 bits per heavy atom. The number of rotatable bonds is 6. The summed E-state index contributed by atoms with van der Waals surface area (Å²) >= 11 is 0. The molecule has 0 aliphatic rings. The van der Waals surface area contributed by atoms with Crippen molar-refractivity contribution in [1.29, 1.82) is 0 Å². The lowest BCUT2D eigenvalue weighted by Crippen LogP contribution is -2.39. The SMILES string of the molecule is CNC(=O)c1ccc(-c2cccc(N(CC(=O)OC(C)(C)C)C(=O)c3c(F)cc(F)cc3F)c2)cc1. The van der Waals surface area contributed by atoms with Crippen molar-refractivity contribution in [1.82, 2.24) is 5.32 Å². The average molecular weight is 499 g/mol. The van der Waals surface area contributed by atoms with Gasteiger partial charge in [0.1, 0.15) is 35.2 Å². The van der Waals surface area contributed by atoms with Crippen LogP contribution < -0.4 is 10.2 Å². The van der Waals surface area contributed by atoms with E-state index in [1.807, 2.05) is 0 Å². The fourth-order valence-electron chi connectivity index (χ4n) is 3.48. The molecule has 0 spiro atoms. The van der Waals surface area contributed by atoms with Crippen molar-refractivity contribution >= 4 is 23.5 Å². The second-order valence-corrected chi connectivity index (χ2v) is 8.93. The molecule has 0 saturated heterocycles. The Morgan fingerprint density at radius 2 is 1.50 bits per heavy atom. The molecule has 0 bridgehead atoms. The van der Waals surface area contributed by atoms with Crippen LogP contribution in [-0.4, -0.2) is 37.0 Å². The molecule has 6 nitrogen and oxygen atoms in total. The van der Waals surface area contributed by atoms with Gasteiger partial charge < -0.3 is 10.1 Å². The Balaban J connectivity index is 2.04. The number of carbonyl (C=O) groups excluding carboxylic acids is 3. The van der Waals surface area contributed by atoms with Crippen LogP contribution in [0.3, 0.4) is 0 Å². The number of esters is 1. The molecule has 0 aliphatic heterocycles. The summed E-state index contributed by atoms with van der Waals surface area (Å²) in [5, 5.41) is 2.53. The predicted octanol–water partition coefficient (Wildman–Crippen LogP) is 5.12. The maximum atomic E-state index is 14.4. The van der Waals surface area contributed by atoms with E-state index in [1.165, 1.54) is 13.1 Å². The van der Waals surface area contributed by atoms with Crippen molar-refractivity contribution in [3.05, 3.63) is 89.2 Å². The lowest BCUT2D eigenvalue weighted by Gasteiger charge is -2.26. The molecule has 3 rings (SSSR count). The van der Waals surface area contributed by atoms with Gasteiger partial charge in [0.2, 0.25) is 0 Å². The highest BCUT2D eigenvalue weighted by Crippen LogP contribution is 2.28. The molecule has 3 aromatic carbocycles. The Hall–Kier alpha value is -4.14. The van der Waals surface area contributed by atoms with E-state index in [2.05, 4.69) is 5.32 Å². The molecular formula is C27H25F3N2O4. The second-order valence-electron chi connectivity index (χ2n) is 8.93. The largest absolute Gasteiger partial charge is 0.459 e. The van der Waals surface area contributed by atoms with E-state index in [0.29, 0.717) is 28.8 Å². The third-order valence-corrected chi connectivity index (χ3v) is 5.04. The first-order valence-electron chi connectivity index (χ1n) is 11.0. The standard InChI is InChI=1S/C27H25F3N2O4/c1-27(2,3)36-23(33)15-32(26(35)24-21(29)13-19(28)14-22(24)30)20-7-5-6-18(12-20)16-8-10-17(11-9-16)25(34)31-4/h5-14H,15H2,1-4H3,(H,31,34). The number of ether oxygens (including phenoxy) is 1. The summed E-state index contributed by atoms with van der Waals surface area (Å²) in [6.07, 6.45) is 0. The first-order chi connectivity index (χ1) is 16.9. The van der Waals surface area contributed by atoms with Crippen LogP contribution in [0.1, 0.15) is 41.5 Å². The molecule has 0 atom stereocenters. The second kappa shape index (κ2) is 10.6. The smallest absolute Gasteiger partial charge is 0.326 e. The Morgan fingerprint density at radius 1 is 0.889 bits per heavy atom. The van der Waals surface area contributed by atoms with Gasteiger partial charge >= 0.3 is 5.97 Å². The van der Waals surface area contributed by atoms with Crippen molar-refractivity contribution in [2.24, 2.45) is 0 Å². The van der Waals surface area contributed by atoms with E-state index < -0.39 is 47.0 Å². The van der Waals surface area contributed by atoms with Gasteiger partial charge in [0, 0.05) is 30.4 Å². The molecule has 36 heavy (non-hydrogen) atoms. The molecule has 0 aromatic heterocycles. The van der Waals surface area contributed by atoms with Crippen LogP contribution in [0.25, 0.3) is 11.1 Å². The molecule has 0 unspecified atom stereocenters. The normalized spacial score (nSPS) is 11.1. The summed E-state index contributed by atoms with van der Waals surface area (Å²) in [7, 11) is 1.52. The van der Waals surface area contributed by atoms with E-state index in [0.717, 1.165) is 4.90 Å². The van der Waals surface area contributed by atoms with Crippen molar-refractivity contribution in [2.75, 3.05) is 18.5 Å². The van der Waals surface area contributed by atoms with Gasteiger partial charge in [-0.3, -0.25) is 19.3 Å². The van der Waals surface area contributed by atoms with Crippen LogP contribution in [0.2, 0.25) is 0 Å². The predicted molar refractivity (Wildman–Crippen MR) is 129 cm³/mol. The number of hydrogen-bond donors (Lipinski definition) is 1. The Kier molecular flexibility index (Phi) is 7.82. The molecule has 2 amide bonds. The lowest BCUT2D eigenvalue weighted by molar-refractivity contribution is -0.152. The van der Waals surface area contributed by atoms with Gasteiger partial charge in [0.05, 0.1) is 0 Å². The third kappa shape index (κ3) is 6.29. The van der Waals surface area contributed by atoms with Crippen LogP contribution in [0, 0.1) is 17.5 Å². The van der Waals surface area contributed by atoms with Crippen LogP contribution in [-0.2, 0) is 9.53 Å². The van der Waals surface area contributed by atoms with Gasteiger partial charge in [-0.25, -0.2) is 13.2 Å². The topological polar surface area (TPSA) is 75.7 Å².